The first kappa shape index (κ1) is 64.0. The largest absolute Gasteiger partial charge is 0.399 e. The molecule has 26 heteroatoms. The van der Waals surface area contributed by atoms with Gasteiger partial charge in [-0.25, -0.2) is 43.6 Å². The van der Waals surface area contributed by atoms with Gasteiger partial charge < -0.3 is 16.1 Å². The van der Waals surface area contributed by atoms with Crippen molar-refractivity contribution in [1.82, 2.24) is 79.2 Å². The average Bonchev–Trinajstić information content (AvgIpc) is 4.53. The SMILES string of the molecule is CCCCC(C)C.CCCc1c[nH]c2ccc(Cn3cncn3)cc12.NNc1ccc(Cn2cncn2)cc1.Nc1ccc(Cn2cncn2)cc1.O=[N+]([O-])c1ccc(CBr)cc1.O=[N+]([O-])c1ccc(Cn2cncn2)cc1.c1nc[nH]n1. The van der Waals surface area contributed by atoms with Gasteiger partial charge in [-0.05, 0) is 82.1 Å². The number of hydrogen-bond acceptors (Lipinski definition) is 17. The molecule has 0 fully saturated rings. The molecule has 0 bridgehead atoms. The van der Waals surface area contributed by atoms with E-state index in [-0.39, 0.29) is 11.4 Å². The molecule has 83 heavy (non-hydrogen) atoms. The zero-order valence-electron chi connectivity index (χ0n) is 46.8. The van der Waals surface area contributed by atoms with Crippen LogP contribution in [-0.4, -0.2) is 89.1 Å². The highest BCUT2D eigenvalue weighted by molar-refractivity contribution is 9.08. The number of fused-ring (bicyclic) bond motifs is 1. The van der Waals surface area contributed by atoms with Crippen molar-refractivity contribution >= 4 is 49.6 Å². The molecule has 434 valence electrons. The molecule has 11 rings (SSSR count). The lowest BCUT2D eigenvalue weighted by Crippen LogP contribution is -2.06. The normalized spacial score (nSPS) is 10.2. The maximum atomic E-state index is 10.4. The molecule has 0 unspecified atom stereocenters. The molecule has 0 atom stereocenters. The Hall–Kier alpha value is -9.82. The Morgan fingerprint density at radius 1 is 0.590 bits per heavy atom. The Morgan fingerprint density at radius 2 is 1.04 bits per heavy atom. The van der Waals surface area contributed by atoms with E-state index in [0.717, 1.165) is 65.4 Å². The van der Waals surface area contributed by atoms with Crippen LogP contribution >= 0.6 is 15.9 Å². The average molecular weight is 1190 g/mol. The summed E-state index contributed by atoms with van der Waals surface area (Å²) in [4.78, 5) is 42.2. The van der Waals surface area contributed by atoms with E-state index in [2.05, 4.69) is 134 Å². The summed E-state index contributed by atoms with van der Waals surface area (Å²) in [7, 11) is 0. The minimum absolute atomic E-state index is 0.0948. The number of alkyl halides is 1. The molecule has 6 aromatic heterocycles. The first-order valence-electron chi connectivity index (χ1n) is 26.5. The number of non-ortho nitro benzene ring substituents is 2. The topological polar surface area (TPSA) is 331 Å². The number of H-pyrrole nitrogens is 2. The van der Waals surface area contributed by atoms with E-state index in [1.807, 2.05) is 53.2 Å². The van der Waals surface area contributed by atoms with Crippen LogP contribution < -0.4 is 17.0 Å². The van der Waals surface area contributed by atoms with Gasteiger partial charge in [-0.15, -0.1) is 0 Å². The summed E-state index contributed by atoms with van der Waals surface area (Å²) in [5, 5.41) is 44.7. The zero-order chi connectivity index (χ0) is 59.4. The standard InChI is InChI=1S/C14H16N4.C9H11N5.C9H8N4O2.C9H10N4.C7H6BrNO2.C7H16.C2H3N3/c1-2-3-12-7-16-14-5-4-11(6-13(12)14)8-18-10-15-9-17-18;10-13-9-3-1-8(2-4-9)5-14-7-11-6-12-14;14-13(15)9-3-1-8(2-4-9)5-12-7-10-6-11-12;10-9-3-1-8(2-4-9)5-13-7-11-6-12-13;8-5-6-1-3-7(4-2-6)9(10)11;1-4-5-6-7(2)3;1-3-2-5-4-1/h4-7,9-10,16H,2-3,8H2,1H3;1-4,6-7,13H,5,10H2;1-4,6-7H,5H2;1-4,6-7H,5,10H2;1-4H,5H2;7H,4-6H2,1-3H3;1-2H,(H,3,4,5). The van der Waals surface area contributed by atoms with Crippen LogP contribution in [0.1, 0.15) is 86.8 Å². The summed E-state index contributed by atoms with van der Waals surface area (Å²) in [5.41, 5.74) is 18.2. The number of nitrogens with zero attached hydrogens (tertiary/aromatic N) is 16. The molecule has 0 spiro atoms. The van der Waals surface area contributed by atoms with Gasteiger partial charge in [0.25, 0.3) is 11.4 Å². The van der Waals surface area contributed by atoms with Crippen molar-refractivity contribution in [2.45, 2.75) is 91.3 Å². The summed E-state index contributed by atoms with van der Waals surface area (Å²) in [6.45, 7) is 11.8. The van der Waals surface area contributed by atoms with Gasteiger partial charge in [-0.1, -0.05) is 124 Å². The number of nitrogens with two attached hydrogens (primary N) is 2. The predicted octanol–water partition coefficient (Wildman–Crippen LogP) is 10.6. The first-order valence-corrected chi connectivity index (χ1v) is 27.6. The Kier molecular flexibility index (Phi) is 28.1. The third kappa shape index (κ3) is 24.6. The monoisotopic (exact) mass is 1190 g/mol. The van der Waals surface area contributed by atoms with Crippen molar-refractivity contribution in [3.8, 4) is 0 Å². The highest BCUT2D eigenvalue weighted by Crippen LogP contribution is 2.22. The lowest BCUT2D eigenvalue weighted by atomic mass is 10.1. The van der Waals surface area contributed by atoms with Crippen LogP contribution in [0.4, 0.5) is 22.7 Å². The summed E-state index contributed by atoms with van der Waals surface area (Å²) in [6.07, 6.45) is 24.3. The molecule has 7 N–H and O–H groups in total. The minimum Gasteiger partial charge on any atom is -0.399 e. The van der Waals surface area contributed by atoms with E-state index in [9.17, 15) is 20.2 Å². The van der Waals surface area contributed by atoms with Crippen LogP contribution in [0.25, 0.3) is 10.9 Å². The van der Waals surface area contributed by atoms with Crippen LogP contribution in [-0.2, 0) is 37.9 Å². The van der Waals surface area contributed by atoms with E-state index in [1.54, 1.807) is 69.9 Å². The fourth-order valence-electron chi connectivity index (χ4n) is 7.34. The molecule has 11 aromatic rings. The van der Waals surface area contributed by atoms with E-state index in [0.29, 0.717) is 6.54 Å². The van der Waals surface area contributed by atoms with Crippen molar-refractivity contribution in [1.29, 1.82) is 0 Å². The Morgan fingerprint density at radius 3 is 1.39 bits per heavy atom. The van der Waals surface area contributed by atoms with Crippen LogP contribution in [0.2, 0.25) is 0 Å². The fraction of sp³-hybridized carbons (Fsp3) is 0.263. The second kappa shape index (κ2) is 36.4. The third-order valence-corrected chi connectivity index (χ3v) is 12.3. The van der Waals surface area contributed by atoms with Gasteiger partial charge in [0.15, 0.2) is 0 Å². The van der Waals surface area contributed by atoms with Crippen LogP contribution in [0, 0.1) is 26.1 Å². The predicted molar refractivity (Wildman–Crippen MR) is 323 cm³/mol. The second-order valence-electron chi connectivity index (χ2n) is 18.6. The second-order valence-corrected chi connectivity index (χ2v) is 19.1. The lowest BCUT2D eigenvalue weighted by Gasteiger charge is -2.03. The summed E-state index contributed by atoms with van der Waals surface area (Å²) < 4.78 is 7.03. The molecule has 0 aliphatic heterocycles. The molecule has 25 nitrogen and oxygen atoms in total. The number of nitrogens with one attached hydrogen (secondary N) is 3. The van der Waals surface area contributed by atoms with Crippen molar-refractivity contribution in [3.63, 3.8) is 0 Å². The van der Waals surface area contributed by atoms with Crippen LogP contribution in [0.5, 0.6) is 0 Å². The molecule has 0 aliphatic carbocycles. The molecule has 6 heterocycles. The number of halogens is 1. The number of aromatic amines is 2. The van der Waals surface area contributed by atoms with Gasteiger partial charge >= 0.3 is 0 Å². The number of nitro benzene ring substituents is 2. The van der Waals surface area contributed by atoms with E-state index in [1.165, 1.54) is 109 Å². The molecular weight excluding hydrogens is 1120 g/mol. The molecule has 0 saturated carbocycles. The maximum Gasteiger partial charge on any atom is 0.269 e. The van der Waals surface area contributed by atoms with Crippen LogP contribution in [0.3, 0.4) is 0 Å². The van der Waals surface area contributed by atoms with Crippen molar-refractivity contribution in [2.24, 2.45) is 11.8 Å². The fourth-order valence-corrected chi connectivity index (χ4v) is 7.72. The highest BCUT2D eigenvalue weighted by atomic mass is 79.9. The summed E-state index contributed by atoms with van der Waals surface area (Å²) in [5.74, 6) is 6.16. The molecule has 0 saturated heterocycles. The summed E-state index contributed by atoms with van der Waals surface area (Å²) >= 11 is 3.25. The third-order valence-electron chi connectivity index (χ3n) is 11.6. The molecule has 0 amide bonds. The molecule has 0 aliphatic rings. The van der Waals surface area contributed by atoms with Gasteiger partial charge in [-0.2, -0.15) is 25.5 Å². The van der Waals surface area contributed by atoms with E-state index in [4.69, 9.17) is 11.6 Å². The van der Waals surface area contributed by atoms with Gasteiger partial charge in [0.2, 0.25) is 0 Å². The van der Waals surface area contributed by atoms with Gasteiger partial charge in [0.05, 0.1) is 36.0 Å². The minimum atomic E-state index is -0.417. The highest BCUT2D eigenvalue weighted by Gasteiger charge is 2.07. The van der Waals surface area contributed by atoms with E-state index < -0.39 is 9.85 Å². The number of hydrazine groups is 1. The number of aromatic nitrogens is 16. The smallest absolute Gasteiger partial charge is 0.269 e. The summed E-state index contributed by atoms with van der Waals surface area (Å²) in [6, 6.07) is 34.9. The van der Waals surface area contributed by atoms with Crippen LogP contribution in [0.15, 0.2) is 185 Å². The van der Waals surface area contributed by atoms with Gasteiger partial charge in [0, 0.05) is 58.1 Å². The Labute approximate surface area is 489 Å². The Bertz CT molecular complexity index is 3380. The quantitative estimate of drug-likeness (QED) is 0.0186. The van der Waals surface area contributed by atoms with Crippen molar-refractivity contribution in [3.05, 3.63) is 238 Å². The van der Waals surface area contributed by atoms with Crippen molar-refractivity contribution in [2.75, 3.05) is 11.2 Å². The van der Waals surface area contributed by atoms with Gasteiger partial charge in [-0.3, -0.25) is 31.2 Å². The zero-order valence-corrected chi connectivity index (χ0v) is 48.4. The first-order chi connectivity index (χ1) is 40.3. The number of hydrogen-bond donors (Lipinski definition) is 5. The number of unbranched alkanes of at least 4 members (excludes halogenated alkanes) is 1. The number of aryl methyl sites for hydroxylation is 1. The number of anilines is 2. The maximum absolute atomic E-state index is 10.4. The number of benzene rings is 5. The number of rotatable bonds is 17. The molecule has 5 aromatic carbocycles. The van der Waals surface area contributed by atoms with Gasteiger partial charge in [0.1, 0.15) is 63.3 Å². The number of nitro groups is 2. The lowest BCUT2D eigenvalue weighted by molar-refractivity contribution is -0.385. The Balaban J connectivity index is 0.000000182. The van der Waals surface area contributed by atoms with Crippen molar-refractivity contribution < 1.29 is 9.85 Å². The van der Waals surface area contributed by atoms with E-state index >= 15 is 0 Å². The molecular formula is C57H70BrN21O4. The molecule has 0 radical (unpaired) electrons. The number of nitrogen functional groups attached to an aromatic ring is 2.